The van der Waals surface area contributed by atoms with Gasteiger partial charge in [-0.2, -0.15) is 0 Å². The van der Waals surface area contributed by atoms with Gasteiger partial charge in [-0.3, -0.25) is 4.79 Å². The number of anilines is 1. The van der Waals surface area contributed by atoms with Gasteiger partial charge in [0.05, 0.1) is 0 Å². The Hall–Kier alpha value is -2.83. The molecular formula is C24H27Cl2N3O3. The molecule has 0 aliphatic heterocycles. The van der Waals surface area contributed by atoms with Crippen molar-refractivity contribution in [1.29, 1.82) is 0 Å². The topological polar surface area (TPSA) is 84.3 Å². The van der Waals surface area contributed by atoms with Crippen molar-refractivity contribution in [1.82, 2.24) is 9.97 Å². The number of amides is 1. The molecule has 1 amide bonds. The van der Waals surface area contributed by atoms with Gasteiger partial charge in [0.15, 0.2) is 6.61 Å². The summed E-state index contributed by atoms with van der Waals surface area (Å²) in [6.45, 7) is 7.82. The summed E-state index contributed by atoms with van der Waals surface area (Å²) in [4.78, 5) is 19.7. The van der Waals surface area contributed by atoms with Gasteiger partial charge in [0.2, 0.25) is 0 Å². The lowest BCUT2D eigenvalue weighted by atomic mass is 9.96. The third-order valence-corrected chi connectivity index (χ3v) is 5.10. The Morgan fingerprint density at radius 2 is 1.81 bits per heavy atom. The molecule has 2 aromatic carbocycles. The SMILES string of the molecule is CC.CC(C)c1cc(Cc2c(Cl)cc(OCC(=O)Nc3ccncn3)cc2Cl)ccc1O. The summed E-state index contributed by atoms with van der Waals surface area (Å²) in [6, 6.07) is 10.3. The fourth-order valence-corrected chi connectivity index (χ4v) is 3.51. The number of halogens is 2. The van der Waals surface area contributed by atoms with E-state index in [1.54, 1.807) is 24.3 Å². The zero-order valence-corrected chi connectivity index (χ0v) is 20.0. The Balaban J connectivity index is 0.00000176. The molecule has 3 aromatic rings. The zero-order chi connectivity index (χ0) is 23.7. The van der Waals surface area contributed by atoms with Gasteiger partial charge in [-0.25, -0.2) is 9.97 Å². The van der Waals surface area contributed by atoms with Crippen molar-refractivity contribution in [2.45, 2.75) is 40.0 Å². The van der Waals surface area contributed by atoms with E-state index in [1.165, 1.54) is 12.5 Å². The van der Waals surface area contributed by atoms with Crippen LogP contribution < -0.4 is 10.1 Å². The molecule has 0 saturated carbocycles. The third-order valence-electron chi connectivity index (χ3n) is 4.43. The van der Waals surface area contributed by atoms with Gasteiger partial charge in [0.1, 0.15) is 23.6 Å². The first-order valence-corrected chi connectivity index (χ1v) is 11.1. The minimum atomic E-state index is -0.365. The number of ether oxygens (including phenoxy) is 1. The number of rotatable bonds is 7. The molecule has 170 valence electrons. The highest BCUT2D eigenvalue weighted by Gasteiger charge is 2.13. The summed E-state index contributed by atoms with van der Waals surface area (Å²) >= 11 is 12.9. The molecule has 0 bridgehead atoms. The number of carbonyl (C=O) groups excluding carboxylic acids is 1. The predicted octanol–water partition coefficient (Wildman–Crippen LogP) is 6.25. The highest BCUT2D eigenvalue weighted by molar-refractivity contribution is 6.36. The van der Waals surface area contributed by atoms with Gasteiger partial charge in [0, 0.05) is 22.7 Å². The van der Waals surface area contributed by atoms with Crippen LogP contribution in [0.5, 0.6) is 11.5 Å². The van der Waals surface area contributed by atoms with E-state index in [9.17, 15) is 9.90 Å². The van der Waals surface area contributed by atoms with Crippen LogP contribution in [-0.2, 0) is 11.2 Å². The van der Waals surface area contributed by atoms with E-state index in [0.29, 0.717) is 28.0 Å². The van der Waals surface area contributed by atoms with Gasteiger partial charge in [-0.15, -0.1) is 0 Å². The van der Waals surface area contributed by atoms with Gasteiger partial charge >= 0.3 is 0 Å². The summed E-state index contributed by atoms with van der Waals surface area (Å²) in [6.07, 6.45) is 3.37. The standard InChI is InChI=1S/C22H21Cl2N3O3.C2H6/c1-13(2)16-7-14(3-4-20(16)28)8-17-18(23)9-15(10-19(17)24)30-11-22(29)27-21-5-6-25-12-26-21;1-2/h3-7,9-10,12-13,28H,8,11H2,1-2H3,(H,25,26,27,29);1-2H3. The highest BCUT2D eigenvalue weighted by Crippen LogP contribution is 2.34. The first-order valence-electron chi connectivity index (χ1n) is 10.3. The van der Waals surface area contributed by atoms with Crippen LogP contribution in [0.25, 0.3) is 0 Å². The van der Waals surface area contributed by atoms with Crippen LogP contribution in [0, 0.1) is 0 Å². The molecule has 0 radical (unpaired) electrons. The molecule has 0 saturated heterocycles. The van der Waals surface area contributed by atoms with E-state index in [0.717, 1.165) is 16.7 Å². The molecule has 32 heavy (non-hydrogen) atoms. The Morgan fingerprint density at radius 3 is 2.41 bits per heavy atom. The first kappa shape index (κ1) is 25.4. The Bertz CT molecular complexity index is 1020. The summed E-state index contributed by atoms with van der Waals surface area (Å²) < 4.78 is 5.52. The van der Waals surface area contributed by atoms with Crippen LogP contribution in [0.3, 0.4) is 0 Å². The lowest BCUT2D eigenvalue weighted by Gasteiger charge is -2.14. The molecule has 2 N–H and O–H groups in total. The van der Waals surface area contributed by atoms with Crippen molar-refractivity contribution in [2.75, 3.05) is 11.9 Å². The van der Waals surface area contributed by atoms with E-state index in [4.69, 9.17) is 27.9 Å². The monoisotopic (exact) mass is 475 g/mol. The van der Waals surface area contributed by atoms with Crippen LogP contribution in [0.1, 0.15) is 50.3 Å². The molecule has 8 heteroatoms. The maximum atomic E-state index is 12.0. The smallest absolute Gasteiger partial charge is 0.263 e. The molecule has 0 spiro atoms. The minimum Gasteiger partial charge on any atom is -0.508 e. The van der Waals surface area contributed by atoms with Gasteiger partial charge in [-0.05, 0) is 46.9 Å². The van der Waals surface area contributed by atoms with Crippen molar-refractivity contribution in [3.05, 3.63) is 75.7 Å². The number of benzene rings is 2. The van der Waals surface area contributed by atoms with Crippen LogP contribution in [0.4, 0.5) is 5.82 Å². The van der Waals surface area contributed by atoms with Gasteiger partial charge in [0.25, 0.3) is 5.91 Å². The molecule has 3 rings (SSSR count). The number of aromatic hydroxyl groups is 1. The van der Waals surface area contributed by atoms with E-state index in [-0.39, 0.29) is 24.2 Å². The number of phenols is 1. The quantitative estimate of drug-likeness (QED) is 0.421. The van der Waals surface area contributed by atoms with Gasteiger partial charge < -0.3 is 15.2 Å². The first-order chi connectivity index (χ1) is 15.3. The Kier molecular flexibility index (Phi) is 9.75. The molecule has 6 nitrogen and oxygen atoms in total. The van der Waals surface area contributed by atoms with Gasteiger partial charge in [-0.1, -0.05) is 63.0 Å². The fourth-order valence-electron chi connectivity index (χ4n) is 2.90. The molecule has 0 aliphatic carbocycles. The summed E-state index contributed by atoms with van der Waals surface area (Å²) in [5.41, 5.74) is 2.60. The maximum Gasteiger partial charge on any atom is 0.263 e. The van der Waals surface area contributed by atoms with E-state index in [2.05, 4.69) is 15.3 Å². The largest absolute Gasteiger partial charge is 0.508 e. The zero-order valence-electron chi connectivity index (χ0n) is 18.5. The maximum absolute atomic E-state index is 12.0. The lowest BCUT2D eigenvalue weighted by Crippen LogP contribution is -2.20. The van der Waals surface area contributed by atoms with E-state index in [1.807, 2.05) is 39.8 Å². The van der Waals surface area contributed by atoms with Crippen LogP contribution in [-0.4, -0.2) is 27.6 Å². The second-order valence-electron chi connectivity index (χ2n) is 7.02. The molecule has 0 fully saturated rings. The molecule has 0 atom stereocenters. The predicted molar refractivity (Wildman–Crippen MR) is 129 cm³/mol. The van der Waals surface area contributed by atoms with Crippen LogP contribution >= 0.6 is 23.2 Å². The van der Waals surface area contributed by atoms with E-state index >= 15 is 0 Å². The van der Waals surface area contributed by atoms with Crippen LogP contribution in [0.15, 0.2) is 48.9 Å². The number of aromatic nitrogens is 2. The second kappa shape index (κ2) is 12.3. The normalized spacial score (nSPS) is 10.3. The summed E-state index contributed by atoms with van der Waals surface area (Å²) in [7, 11) is 0. The average Bonchev–Trinajstić information content (AvgIpc) is 2.78. The summed E-state index contributed by atoms with van der Waals surface area (Å²) in [5.74, 6) is 0.880. The van der Waals surface area contributed by atoms with Crippen molar-refractivity contribution < 1.29 is 14.6 Å². The fraction of sp³-hybridized carbons (Fsp3) is 0.292. The number of hydrogen-bond donors (Lipinski definition) is 2. The van der Waals surface area contributed by atoms with Crippen molar-refractivity contribution in [3.8, 4) is 11.5 Å². The number of nitrogens with zero attached hydrogens (tertiary/aromatic N) is 2. The van der Waals surface area contributed by atoms with Crippen molar-refractivity contribution in [2.24, 2.45) is 0 Å². The Labute approximate surface area is 198 Å². The van der Waals surface area contributed by atoms with Crippen molar-refractivity contribution >= 4 is 34.9 Å². The minimum absolute atomic E-state index is 0.195. The average molecular weight is 476 g/mol. The van der Waals surface area contributed by atoms with Crippen LogP contribution in [0.2, 0.25) is 10.0 Å². The molecule has 0 aliphatic rings. The number of phenolic OH excluding ortho intramolecular Hbond substituents is 1. The van der Waals surface area contributed by atoms with Crippen molar-refractivity contribution in [3.63, 3.8) is 0 Å². The summed E-state index contributed by atoms with van der Waals surface area (Å²) in [5, 5.41) is 13.5. The number of hydrogen-bond acceptors (Lipinski definition) is 5. The Morgan fingerprint density at radius 1 is 1.12 bits per heavy atom. The molecular weight excluding hydrogens is 449 g/mol. The number of carbonyl (C=O) groups is 1. The lowest BCUT2D eigenvalue weighted by molar-refractivity contribution is -0.118. The highest BCUT2D eigenvalue weighted by atomic mass is 35.5. The second-order valence-corrected chi connectivity index (χ2v) is 7.84. The number of nitrogens with one attached hydrogen (secondary N) is 1. The third kappa shape index (κ3) is 7.11. The molecule has 0 unspecified atom stereocenters. The molecule has 1 heterocycles. The van der Waals surface area contributed by atoms with E-state index < -0.39 is 0 Å². The molecule has 1 aromatic heterocycles.